The van der Waals surface area contributed by atoms with Crippen LogP contribution in [-0.4, -0.2) is 34.8 Å². The normalized spacial score (nSPS) is 26.6. The number of benzene rings is 1. The minimum absolute atomic E-state index is 0.0396. The summed E-state index contributed by atoms with van der Waals surface area (Å²) in [7, 11) is 0. The predicted molar refractivity (Wildman–Crippen MR) is 102 cm³/mol. The fraction of sp³-hybridized carbons (Fsp3) is 0.474. The lowest BCUT2D eigenvalue weighted by molar-refractivity contribution is 0.0695. The van der Waals surface area contributed by atoms with E-state index in [4.69, 9.17) is 22.8 Å². The average molecular weight is 398 g/mol. The number of hydrogen-bond donors (Lipinski definition) is 2. The van der Waals surface area contributed by atoms with E-state index in [1.807, 2.05) is 0 Å². The average Bonchev–Trinajstić information content (AvgIpc) is 3.45. The van der Waals surface area contributed by atoms with Gasteiger partial charge in [0.05, 0.1) is 21.6 Å². The first-order valence-corrected chi connectivity index (χ1v) is 9.02. The van der Waals surface area contributed by atoms with Crippen LogP contribution in [0.2, 0.25) is 5.02 Å². The van der Waals surface area contributed by atoms with E-state index < -0.39 is 48.1 Å². The fourth-order valence-corrected chi connectivity index (χ4v) is 3.86. The Kier molecular flexibility index (Phi) is 3.52. The van der Waals surface area contributed by atoms with Crippen LogP contribution in [0.4, 0.5) is 10.1 Å². The molecule has 1 aliphatic carbocycles. The number of rotatable bonds is 3. The van der Waals surface area contributed by atoms with Crippen molar-refractivity contribution in [1.82, 2.24) is 4.57 Å². The second-order valence-corrected chi connectivity index (χ2v) is 7.31. The Morgan fingerprint density at radius 2 is 2.11 bits per heavy atom. The van der Waals surface area contributed by atoms with Crippen LogP contribution in [0.3, 0.4) is 0 Å². The van der Waals surface area contributed by atoms with Crippen molar-refractivity contribution < 1.29 is 19.8 Å². The molecule has 2 aliphatic rings. The van der Waals surface area contributed by atoms with Crippen molar-refractivity contribution in [3.63, 3.8) is 0 Å². The monoisotopic (exact) mass is 397 g/mol. The Morgan fingerprint density at radius 3 is 2.78 bits per heavy atom. The maximum Gasteiger partial charge on any atom is 0.341 e. The zero-order valence-corrected chi connectivity index (χ0v) is 15.1. The molecule has 0 radical (unpaired) electrons. The van der Waals surface area contributed by atoms with Gasteiger partial charge in [-0.05, 0) is 31.7 Å². The summed E-state index contributed by atoms with van der Waals surface area (Å²) >= 11 is 6.58. The topological polar surface area (TPSA) is 88.6 Å². The maximum absolute atomic E-state index is 15.3. The maximum atomic E-state index is 15.3. The van der Waals surface area contributed by atoms with Crippen molar-refractivity contribution in [3.8, 4) is 0 Å². The minimum Gasteiger partial charge on any atom is -0.477 e. The molecule has 1 aromatic heterocycles. The molecule has 1 saturated carbocycles. The number of hydrogen-bond acceptors (Lipinski definition) is 4. The van der Waals surface area contributed by atoms with E-state index in [0.29, 0.717) is 0 Å². The van der Waals surface area contributed by atoms with Crippen LogP contribution in [0.15, 0.2) is 17.1 Å². The SMILES string of the molecule is [2H]C1([2H])C[C@H](N)CN(c2c(F)cc3c(=O)c(C(=O)O)cn(C4CC4)c3c2Cl)CC1([2H])[2H]. The Balaban J connectivity index is 1.96. The number of carbonyl (C=O) groups is 1. The number of halogens is 2. The van der Waals surface area contributed by atoms with E-state index in [0.717, 1.165) is 18.9 Å². The second kappa shape index (κ2) is 6.80. The molecule has 0 spiro atoms. The van der Waals surface area contributed by atoms with Gasteiger partial charge < -0.3 is 20.3 Å². The lowest BCUT2D eigenvalue weighted by Gasteiger charge is -2.27. The van der Waals surface area contributed by atoms with Crippen LogP contribution in [0.1, 0.15) is 53.9 Å². The van der Waals surface area contributed by atoms with E-state index in [1.165, 1.54) is 11.1 Å². The number of anilines is 1. The number of nitrogens with zero attached hydrogens (tertiary/aromatic N) is 2. The largest absolute Gasteiger partial charge is 0.477 e. The minimum atomic E-state index is -2.34. The summed E-state index contributed by atoms with van der Waals surface area (Å²) in [6, 6.07) is 0.0629. The number of carboxylic acids is 1. The second-order valence-electron chi connectivity index (χ2n) is 6.93. The molecular formula is C19H21ClFN3O3. The third kappa shape index (κ3) is 3.19. The molecule has 2 aromatic rings. The van der Waals surface area contributed by atoms with Gasteiger partial charge in [-0.3, -0.25) is 4.79 Å². The number of aromatic carboxylic acids is 1. The van der Waals surface area contributed by atoms with Crippen molar-refractivity contribution in [2.24, 2.45) is 5.73 Å². The molecule has 1 aromatic carbocycles. The summed E-state index contributed by atoms with van der Waals surface area (Å²) in [4.78, 5) is 25.5. The van der Waals surface area contributed by atoms with Crippen molar-refractivity contribution in [2.45, 2.75) is 44.1 Å². The van der Waals surface area contributed by atoms with Crippen LogP contribution in [0, 0.1) is 5.82 Å². The van der Waals surface area contributed by atoms with E-state index in [9.17, 15) is 14.7 Å². The van der Waals surface area contributed by atoms with Gasteiger partial charge in [0, 0.05) is 36.9 Å². The Morgan fingerprint density at radius 1 is 1.37 bits per heavy atom. The van der Waals surface area contributed by atoms with E-state index in [2.05, 4.69) is 0 Å². The summed E-state index contributed by atoms with van der Waals surface area (Å²) in [5, 5.41) is 9.05. The molecule has 0 unspecified atom stereocenters. The van der Waals surface area contributed by atoms with Gasteiger partial charge in [0.15, 0.2) is 0 Å². The third-order valence-electron chi connectivity index (χ3n) is 4.88. The quantitative estimate of drug-likeness (QED) is 0.830. The fourth-order valence-electron chi connectivity index (χ4n) is 3.45. The number of fused-ring (bicyclic) bond motifs is 1. The molecule has 0 amide bonds. The van der Waals surface area contributed by atoms with E-state index in [-0.39, 0.29) is 40.6 Å². The van der Waals surface area contributed by atoms with Crippen LogP contribution >= 0.6 is 11.6 Å². The summed E-state index contributed by atoms with van der Waals surface area (Å²) in [6.07, 6.45) is -2.11. The Hall–Kier alpha value is -2.12. The van der Waals surface area contributed by atoms with Gasteiger partial charge in [0.25, 0.3) is 0 Å². The molecule has 3 N–H and O–H groups in total. The summed E-state index contributed by atoms with van der Waals surface area (Å²) in [5.41, 5.74) is 4.67. The Bertz CT molecular complexity index is 1150. The van der Waals surface area contributed by atoms with Crippen molar-refractivity contribution in [2.75, 3.05) is 18.0 Å². The van der Waals surface area contributed by atoms with E-state index in [1.54, 1.807) is 4.57 Å². The molecular weight excluding hydrogens is 373 g/mol. The zero-order valence-electron chi connectivity index (χ0n) is 18.3. The highest BCUT2D eigenvalue weighted by Crippen LogP contribution is 2.42. The summed E-state index contributed by atoms with van der Waals surface area (Å²) < 4.78 is 49.3. The van der Waals surface area contributed by atoms with Crippen LogP contribution in [0.25, 0.3) is 10.9 Å². The highest BCUT2D eigenvalue weighted by Gasteiger charge is 2.30. The van der Waals surface area contributed by atoms with Gasteiger partial charge in [-0.25, -0.2) is 9.18 Å². The number of aromatic nitrogens is 1. The molecule has 1 saturated heterocycles. The van der Waals surface area contributed by atoms with Gasteiger partial charge in [-0.1, -0.05) is 18.0 Å². The molecule has 4 rings (SSSR count). The molecule has 8 heteroatoms. The lowest BCUT2D eigenvalue weighted by atomic mass is 10.1. The van der Waals surface area contributed by atoms with Gasteiger partial charge in [0.2, 0.25) is 5.43 Å². The van der Waals surface area contributed by atoms with Gasteiger partial charge >= 0.3 is 5.97 Å². The first-order valence-electron chi connectivity index (χ1n) is 10.6. The molecule has 144 valence electrons. The standard InChI is InChI=1S/C19H21ClFN3O3/c20-15-16-12(18(25)13(19(26)27)9-24(16)11-4-5-11)7-14(21)17(15)23-6-2-1-3-10(22)8-23/h7,9-11H,1-6,8,22H2,(H,26,27)/t10-/m0/s1/i1D2,2D2. The molecule has 2 fully saturated rings. The molecule has 1 atom stereocenters. The number of nitrogens with two attached hydrogens (primary N) is 1. The van der Waals surface area contributed by atoms with E-state index >= 15 is 4.39 Å². The van der Waals surface area contributed by atoms with Crippen molar-refractivity contribution in [1.29, 1.82) is 0 Å². The third-order valence-corrected chi connectivity index (χ3v) is 5.24. The smallest absolute Gasteiger partial charge is 0.341 e. The van der Waals surface area contributed by atoms with Crippen LogP contribution in [-0.2, 0) is 0 Å². The van der Waals surface area contributed by atoms with Gasteiger partial charge in [0.1, 0.15) is 11.4 Å². The Labute approximate surface area is 165 Å². The van der Waals surface area contributed by atoms with Gasteiger partial charge in [-0.15, -0.1) is 0 Å². The van der Waals surface area contributed by atoms with Crippen molar-refractivity contribution >= 4 is 34.2 Å². The molecule has 0 bridgehead atoms. The van der Waals surface area contributed by atoms with Gasteiger partial charge in [-0.2, -0.15) is 0 Å². The molecule has 1 aliphatic heterocycles. The van der Waals surface area contributed by atoms with Crippen LogP contribution < -0.4 is 16.1 Å². The summed E-state index contributed by atoms with van der Waals surface area (Å²) in [6.45, 7) is -0.529. The first-order chi connectivity index (χ1) is 14.3. The zero-order chi connectivity index (χ0) is 22.9. The predicted octanol–water partition coefficient (Wildman–Crippen LogP) is 3.14. The van der Waals surface area contributed by atoms with Crippen molar-refractivity contribution in [3.05, 3.63) is 38.9 Å². The lowest BCUT2D eigenvalue weighted by Crippen LogP contribution is -2.36. The number of carboxylic acid groups (broad SMARTS) is 1. The highest BCUT2D eigenvalue weighted by molar-refractivity contribution is 6.38. The molecule has 6 nitrogen and oxygen atoms in total. The molecule has 27 heavy (non-hydrogen) atoms. The number of pyridine rings is 1. The first kappa shape index (κ1) is 14.0. The highest BCUT2D eigenvalue weighted by atomic mass is 35.5. The molecule has 2 heterocycles. The summed E-state index contributed by atoms with van der Waals surface area (Å²) in [5.74, 6) is -2.35. The van der Waals surface area contributed by atoms with Crippen LogP contribution in [0.5, 0.6) is 0 Å².